The molecule has 0 atom stereocenters. The molecule has 0 amide bonds. The lowest BCUT2D eigenvalue weighted by Gasteiger charge is -2.15. The van der Waals surface area contributed by atoms with Crippen LogP contribution in [-0.2, 0) is 6.42 Å². The van der Waals surface area contributed by atoms with E-state index in [1.54, 1.807) is 7.11 Å². The molecule has 0 saturated carbocycles. The number of nitrogens with zero attached hydrogens (tertiary/aromatic N) is 1. The van der Waals surface area contributed by atoms with Gasteiger partial charge in [-0.25, -0.2) is 0 Å². The Bertz CT molecular complexity index is 416. The summed E-state index contributed by atoms with van der Waals surface area (Å²) in [4.78, 5) is 0. The number of rotatable bonds is 5. The zero-order chi connectivity index (χ0) is 12.8. The number of nitriles is 1. The van der Waals surface area contributed by atoms with Crippen LogP contribution in [0.3, 0.4) is 0 Å². The van der Waals surface area contributed by atoms with Gasteiger partial charge in [-0.1, -0.05) is 19.9 Å². The van der Waals surface area contributed by atoms with Crippen LogP contribution in [0.25, 0.3) is 0 Å². The number of unbranched alkanes of at least 4 members (excludes halogenated alkanes) is 1. The summed E-state index contributed by atoms with van der Waals surface area (Å²) in [6.45, 7) is 6.45. The number of ether oxygens (including phenoxy) is 1. The predicted molar refractivity (Wildman–Crippen MR) is 70.4 cm³/mol. The lowest BCUT2D eigenvalue weighted by atomic mass is 9.94. The molecule has 0 aliphatic heterocycles. The number of aryl methyl sites for hydroxylation is 2. The number of hydrogen-bond acceptors (Lipinski definition) is 2. The summed E-state index contributed by atoms with van der Waals surface area (Å²) in [6.07, 6.45) is 2.53. The van der Waals surface area contributed by atoms with Crippen molar-refractivity contribution in [2.45, 2.75) is 46.0 Å². The Kier molecular flexibility index (Phi) is 5.03. The van der Waals surface area contributed by atoms with E-state index < -0.39 is 0 Å². The normalized spacial score (nSPS) is 10.4. The molecular weight excluding hydrogens is 210 g/mol. The van der Waals surface area contributed by atoms with E-state index in [-0.39, 0.29) is 0 Å². The molecule has 0 spiro atoms. The SMILES string of the molecule is COc1cc(C)c(CCCC#N)cc1C(C)C. The van der Waals surface area contributed by atoms with Crippen LogP contribution in [0.4, 0.5) is 0 Å². The fourth-order valence-corrected chi connectivity index (χ4v) is 2.00. The first-order valence-electron chi connectivity index (χ1n) is 6.14. The summed E-state index contributed by atoms with van der Waals surface area (Å²) < 4.78 is 5.42. The maximum atomic E-state index is 8.57. The topological polar surface area (TPSA) is 33.0 Å². The molecule has 0 unspecified atom stereocenters. The van der Waals surface area contributed by atoms with Crippen molar-refractivity contribution in [3.05, 3.63) is 28.8 Å². The number of methoxy groups -OCH3 is 1. The van der Waals surface area contributed by atoms with Gasteiger partial charge in [0.1, 0.15) is 5.75 Å². The second kappa shape index (κ2) is 6.30. The van der Waals surface area contributed by atoms with Gasteiger partial charge in [-0.15, -0.1) is 0 Å². The van der Waals surface area contributed by atoms with Gasteiger partial charge in [-0.05, 0) is 48.4 Å². The first-order valence-corrected chi connectivity index (χ1v) is 6.14. The minimum atomic E-state index is 0.459. The molecule has 1 aromatic rings. The van der Waals surface area contributed by atoms with Crippen LogP contribution in [0.15, 0.2) is 12.1 Å². The van der Waals surface area contributed by atoms with E-state index in [1.165, 1.54) is 16.7 Å². The molecule has 17 heavy (non-hydrogen) atoms. The molecule has 1 rings (SSSR count). The lowest BCUT2D eigenvalue weighted by Crippen LogP contribution is -1.99. The van der Waals surface area contributed by atoms with E-state index in [2.05, 4.69) is 39.0 Å². The quantitative estimate of drug-likeness (QED) is 0.718. The van der Waals surface area contributed by atoms with E-state index in [4.69, 9.17) is 10.00 Å². The summed E-state index contributed by atoms with van der Waals surface area (Å²) >= 11 is 0. The highest BCUT2D eigenvalue weighted by molar-refractivity contribution is 5.44. The van der Waals surface area contributed by atoms with E-state index in [1.807, 2.05) is 0 Å². The third kappa shape index (κ3) is 3.49. The van der Waals surface area contributed by atoms with Gasteiger partial charge in [0.25, 0.3) is 0 Å². The van der Waals surface area contributed by atoms with Gasteiger partial charge in [-0.2, -0.15) is 5.26 Å². The minimum absolute atomic E-state index is 0.459. The molecule has 0 aromatic heterocycles. The van der Waals surface area contributed by atoms with E-state index in [0.717, 1.165) is 18.6 Å². The summed E-state index contributed by atoms with van der Waals surface area (Å²) in [5, 5.41) is 8.57. The molecule has 0 saturated heterocycles. The molecule has 0 aliphatic rings. The molecule has 0 heterocycles. The van der Waals surface area contributed by atoms with Crippen LogP contribution < -0.4 is 4.74 Å². The Hall–Kier alpha value is -1.49. The lowest BCUT2D eigenvalue weighted by molar-refractivity contribution is 0.407. The fraction of sp³-hybridized carbons (Fsp3) is 0.533. The Morgan fingerprint density at radius 2 is 2.06 bits per heavy atom. The smallest absolute Gasteiger partial charge is 0.122 e. The molecule has 0 N–H and O–H groups in total. The summed E-state index contributed by atoms with van der Waals surface area (Å²) in [5.74, 6) is 1.43. The highest BCUT2D eigenvalue weighted by atomic mass is 16.5. The first-order chi connectivity index (χ1) is 8.10. The largest absolute Gasteiger partial charge is 0.496 e. The molecule has 0 fully saturated rings. The Balaban J connectivity index is 2.99. The third-order valence-electron chi connectivity index (χ3n) is 3.04. The van der Waals surface area contributed by atoms with Crippen molar-refractivity contribution in [2.75, 3.05) is 7.11 Å². The number of hydrogen-bond donors (Lipinski definition) is 0. The average molecular weight is 231 g/mol. The first kappa shape index (κ1) is 13.6. The number of benzene rings is 1. The molecule has 92 valence electrons. The van der Waals surface area contributed by atoms with Crippen molar-refractivity contribution in [3.8, 4) is 11.8 Å². The second-order valence-corrected chi connectivity index (χ2v) is 4.69. The highest BCUT2D eigenvalue weighted by Gasteiger charge is 2.10. The Labute approximate surface area is 104 Å². The average Bonchev–Trinajstić information content (AvgIpc) is 2.30. The molecule has 1 aromatic carbocycles. The van der Waals surface area contributed by atoms with Gasteiger partial charge in [0.05, 0.1) is 13.2 Å². The second-order valence-electron chi connectivity index (χ2n) is 4.69. The van der Waals surface area contributed by atoms with Gasteiger partial charge in [0, 0.05) is 6.42 Å². The molecule has 2 heteroatoms. The van der Waals surface area contributed by atoms with Gasteiger partial charge in [-0.3, -0.25) is 0 Å². The van der Waals surface area contributed by atoms with Crippen molar-refractivity contribution in [1.29, 1.82) is 5.26 Å². The van der Waals surface area contributed by atoms with Crippen molar-refractivity contribution in [3.63, 3.8) is 0 Å². The molecule has 2 nitrogen and oxygen atoms in total. The maximum absolute atomic E-state index is 8.57. The summed E-state index contributed by atoms with van der Waals surface area (Å²) in [6, 6.07) is 6.53. The molecular formula is C15H21NO. The van der Waals surface area contributed by atoms with E-state index in [9.17, 15) is 0 Å². The zero-order valence-corrected chi connectivity index (χ0v) is 11.2. The molecule has 0 aliphatic carbocycles. The molecule has 0 bridgehead atoms. The van der Waals surface area contributed by atoms with Crippen LogP contribution in [0.1, 0.15) is 49.3 Å². The zero-order valence-electron chi connectivity index (χ0n) is 11.2. The van der Waals surface area contributed by atoms with Crippen LogP contribution in [0, 0.1) is 18.3 Å². The van der Waals surface area contributed by atoms with Crippen molar-refractivity contribution < 1.29 is 4.74 Å². The Morgan fingerprint density at radius 3 is 2.59 bits per heavy atom. The fourth-order valence-electron chi connectivity index (χ4n) is 2.00. The summed E-state index contributed by atoms with van der Waals surface area (Å²) in [7, 11) is 1.72. The summed E-state index contributed by atoms with van der Waals surface area (Å²) in [5.41, 5.74) is 3.85. The van der Waals surface area contributed by atoms with Gasteiger partial charge in [0.2, 0.25) is 0 Å². The van der Waals surface area contributed by atoms with Crippen LogP contribution >= 0.6 is 0 Å². The standard InChI is InChI=1S/C15H21NO/c1-11(2)14-10-13(7-5-6-8-16)12(3)9-15(14)17-4/h9-11H,5-7H2,1-4H3. The molecule has 0 radical (unpaired) electrons. The highest BCUT2D eigenvalue weighted by Crippen LogP contribution is 2.30. The van der Waals surface area contributed by atoms with Crippen LogP contribution in [0.5, 0.6) is 5.75 Å². The van der Waals surface area contributed by atoms with Gasteiger partial charge in [0.15, 0.2) is 0 Å². The third-order valence-corrected chi connectivity index (χ3v) is 3.04. The minimum Gasteiger partial charge on any atom is -0.496 e. The monoisotopic (exact) mass is 231 g/mol. The maximum Gasteiger partial charge on any atom is 0.122 e. The van der Waals surface area contributed by atoms with Gasteiger partial charge >= 0.3 is 0 Å². The van der Waals surface area contributed by atoms with Crippen LogP contribution in [0.2, 0.25) is 0 Å². The van der Waals surface area contributed by atoms with Crippen molar-refractivity contribution >= 4 is 0 Å². The Morgan fingerprint density at radius 1 is 1.35 bits per heavy atom. The van der Waals surface area contributed by atoms with E-state index in [0.29, 0.717) is 12.3 Å². The predicted octanol–water partition coefficient (Wildman–Crippen LogP) is 3.97. The van der Waals surface area contributed by atoms with Crippen LogP contribution in [-0.4, -0.2) is 7.11 Å². The van der Waals surface area contributed by atoms with Crippen molar-refractivity contribution in [2.24, 2.45) is 0 Å². The van der Waals surface area contributed by atoms with Crippen molar-refractivity contribution in [1.82, 2.24) is 0 Å². The van der Waals surface area contributed by atoms with E-state index >= 15 is 0 Å². The van der Waals surface area contributed by atoms with Gasteiger partial charge < -0.3 is 4.74 Å².